The summed E-state index contributed by atoms with van der Waals surface area (Å²) in [5.74, 6) is -0.577. The molecule has 0 bridgehead atoms. The van der Waals surface area contributed by atoms with Gasteiger partial charge in [0.25, 0.3) is 0 Å². The molecule has 0 radical (unpaired) electrons. The van der Waals surface area contributed by atoms with E-state index in [9.17, 15) is 4.39 Å². The molecule has 0 saturated carbocycles. The largest absolute Gasteiger partial charge is 0.397 e. The van der Waals surface area contributed by atoms with E-state index in [0.717, 1.165) is 0 Å². The van der Waals surface area contributed by atoms with Crippen LogP contribution in [0.1, 0.15) is 6.92 Å². The van der Waals surface area contributed by atoms with Crippen molar-refractivity contribution in [3.05, 3.63) is 34.4 Å². The molecule has 4 heteroatoms. The number of nitrogens with two attached hydrogens (primary N) is 2. The molecule has 0 rings (SSSR count). The van der Waals surface area contributed by atoms with Crippen LogP contribution in [0.4, 0.5) is 4.39 Å². The summed E-state index contributed by atoms with van der Waals surface area (Å²) in [6, 6.07) is 0. The Balaban J connectivity index is 4.68. The predicted molar refractivity (Wildman–Crippen MR) is 48.3 cm³/mol. The molecule has 0 aromatic rings. The van der Waals surface area contributed by atoms with Gasteiger partial charge in [-0.1, -0.05) is 22.5 Å². The molecular weight excluding hydrogens is 211 g/mol. The van der Waals surface area contributed by atoms with E-state index in [1.54, 1.807) is 6.92 Å². The van der Waals surface area contributed by atoms with Crippen molar-refractivity contribution < 1.29 is 4.39 Å². The van der Waals surface area contributed by atoms with E-state index in [1.165, 1.54) is 6.08 Å². The zero-order valence-corrected chi connectivity index (χ0v) is 7.78. The number of hydrogen-bond acceptors (Lipinski definition) is 2. The van der Waals surface area contributed by atoms with Crippen LogP contribution in [0.15, 0.2) is 34.4 Å². The van der Waals surface area contributed by atoms with Crippen LogP contribution in [-0.2, 0) is 0 Å². The Morgan fingerprint density at radius 2 is 2.00 bits per heavy atom. The van der Waals surface area contributed by atoms with Gasteiger partial charge in [-0.2, -0.15) is 0 Å². The summed E-state index contributed by atoms with van der Waals surface area (Å²) in [7, 11) is 0. The van der Waals surface area contributed by atoms with E-state index >= 15 is 0 Å². The average Bonchev–Trinajstić information content (AvgIpc) is 1.84. The van der Waals surface area contributed by atoms with Crippen LogP contribution in [-0.4, -0.2) is 0 Å². The molecule has 0 aromatic carbocycles. The Morgan fingerprint density at radius 3 is 2.27 bits per heavy atom. The second-order valence-corrected chi connectivity index (χ2v) is 3.27. The number of allylic oxidation sites excluding steroid dienone is 3. The molecule has 0 fully saturated rings. The maximum atomic E-state index is 12.8. The summed E-state index contributed by atoms with van der Waals surface area (Å²) >= 11 is 3.05. The Bertz CT molecular complexity index is 227. The molecule has 0 aliphatic rings. The molecule has 0 spiro atoms. The minimum atomic E-state index is -0.577. The topological polar surface area (TPSA) is 52.0 Å². The molecule has 11 heavy (non-hydrogen) atoms. The van der Waals surface area contributed by atoms with Crippen LogP contribution >= 0.6 is 15.9 Å². The first-order valence-corrected chi connectivity index (χ1v) is 3.68. The van der Waals surface area contributed by atoms with Crippen LogP contribution in [0.25, 0.3) is 0 Å². The van der Waals surface area contributed by atoms with E-state index in [2.05, 4.69) is 22.5 Å². The number of rotatable bonds is 2. The van der Waals surface area contributed by atoms with Crippen molar-refractivity contribution in [1.29, 1.82) is 0 Å². The second-order valence-electron chi connectivity index (χ2n) is 2.02. The van der Waals surface area contributed by atoms with Crippen LogP contribution in [0.3, 0.4) is 0 Å². The molecule has 0 aromatic heterocycles. The third-order valence-electron chi connectivity index (χ3n) is 0.929. The maximum absolute atomic E-state index is 12.8. The number of hydrogen-bond donors (Lipinski definition) is 2. The standard InChI is InChI=1S/C7H10BrFN2/c1-4(8)3-6(9)7(11)5(2)10/h3H,2,10-11H2,1H3/b4-3+,7-6-. The molecule has 0 heterocycles. The van der Waals surface area contributed by atoms with Crippen LogP contribution < -0.4 is 11.5 Å². The Kier molecular flexibility index (Phi) is 3.89. The van der Waals surface area contributed by atoms with Gasteiger partial charge in [0.15, 0.2) is 0 Å². The number of halogens is 2. The summed E-state index contributed by atoms with van der Waals surface area (Å²) in [5, 5.41) is 0. The Hall–Kier alpha value is -0.770. The fourth-order valence-corrected chi connectivity index (χ4v) is 0.607. The summed E-state index contributed by atoms with van der Waals surface area (Å²) in [6.45, 7) is 4.98. The highest BCUT2D eigenvalue weighted by molar-refractivity contribution is 9.11. The third kappa shape index (κ3) is 3.83. The van der Waals surface area contributed by atoms with Gasteiger partial charge in [0.2, 0.25) is 0 Å². The predicted octanol–water partition coefficient (Wildman–Crippen LogP) is 1.90. The fourth-order valence-electron chi connectivity index (χ4n) is 0.406. The highest BCUT2D eigenvalue weighted by Crippen LogP contribution is 2.12. The molecular formula is C7H10BrFN2. The fraction of sp³-hybridized carbons (Fsp3) is 0.143. The molecule has 0 unspecified atom stereocenters. The van der Waals surface area contributed by atoms with E-state index in [1.807, 2.05) is 0 Å². The van der Waals surface area contributed by atoms with Crippen molar-refractivity contribution in [3.63, 3.8) is 0 Å². The van der Waals surface area contributed by atoms with Gasteiger partial charge in [0.05, 0.1) is 11.4 Å². The average molecular weight is 221 g/mol. The second kappa shape index (κ2) is 4.18. The lowest BCUT2D eigenvalue weighted by atomic mass is 10.3. The van der Waals surface area contributed by atoms with Crippen LogP contribution in [0.5, 0.6) is 0 Å². The van der Waals surface area contributed by atoms with Gasteiger partial charge < -0.3 is 11.5 Å². The van der Waals surface area contributed by atoms with Crippen LogP contribution in [0, 0.1) is 0 Å². The summed E-state index contributed by atoms with van der Waals surface area (Å²) in [6.07, 6.45) is 1.23. The third-order valence-corrected chi connectivity index (χ3v) is 1.16. The van der Waals surface area contributed by atoms with Crippen molar-refractivity contribution in [3.8, 4) is 0 Å². The minimum absolute atomic E-state index is 0.0347. The van der Waals surface area contributed by atoms with Crippen LogP contribution in [0.2, 0.25) is 0 Å². The summed E-state index contributed by atoms with van der Waals surface area (Å²) < 4.78 is 13.4. The van der Waals surface area contributed by atoms with Gasteiger partial charge in [0, 0.05) is 0 Å². The van der Waals surface area contributed by atoms with Crippen molar-refractivity contribution in [1.82, 2.24) is 0 Å². The van der Waals surface area contributed by atoms with Crippen molar-refractivity contribution >= 4 is 15.9 Å². The summed E-state index contributed by atoms with van der Waals surface area (Å²) in [4.78, 5) is 0. The molecule has 4 N–H and O–H groups in total. The molecule has 62 valence electrons. The van der Waals surface area contributed by atoms with Gasteiger partial charge in [-0.25, -0.2) is 4.39 Å². The van der Waals surface area contributed by atoms with E-state index < -0.39 is 5.83 Å². The van der Waals surface area contributed by atoms with Gasteiger partial charge in [-0.15, -0.1) is 0 Å². The minimum Gasteiger partial charge on any atom is -0.397 e. The smallest absolute Gasteiger partial charge is 0.148 e. The molecule has 2 nitrogen and oxygen atoms in total. The van der Waals surface area contributed by atoms with Crippen molar-refractivity contribution in [2.24, 2.45) is 11.5 Å². The first kappa shape index (κ1) is 10.2. The maximum Gasteiger partial charge on any atom is 0.148 e. The van der Waals surface area contributed by atoms with Gasteiger partial charge >= 0.3 is 0 Å². The molecule has 0 amide bonds. The lowest BCUT2D eigenvalue weighted by Gasteiger charge is -1.98. The first-order chi connectivity index (χ1) is 4.95. The van der Waals surface area contributed by atoms with Crippen molar-refractivity contribution in [2.45, 2.75) is 6.92 Å². The molecule has 0 aliphatic carbocycles. The van der Waals surface area contributed by atoms with Gasteiger partial charge in [0.1, 0.15) is 5.83 Å². The van der Waals surface area contributed by atoms with E-state index in [4.69, 9.17) is 11.5 Å². The van der Waals surface area contributed by atoms with Crippen molar-refractivity contribution in [2.75, 3.05) is 0 Å². The van der Waals surface area contributed by atoms with Gasteiger partial charge in [-0.05, 0) is 17.5 Å². The molecule has 0 aliphatic heterocycles. The molecule has 0 saturated heterocycles. The zero-order valence-electron chi connectivity index (χ0n) is 6.20. The first-order valence-electron chi connectivity index (χ1n) is 2.89. The highest BCUT2D eigenvalue weighted by Gasteiger charge is 1.99. The normalized spacial score (nSPS) is 14.3. The quantitative estimate of drug-likeness (QED) is 0.699. The molecule has 0 atom stereocenters. The Morgan fingerprint density at radius 1 is 1.55 bits per heavy atom. The SMILES string of the molecule is C=C(N)/C(N)=C(F)\C=C(/C)Br. The monoisotopic (exact) mass is 220 g/mol. The summed E-state index contributed by atoms with van der Waals surface area (Å²) in [5.41, 5.74) is 10.3. The van der Waals surface area contributed by atoms with E-state index in [0.29, 0.717) is 4.48 Å². The van der Waals surface area contributed by atoms with E-state index in [-0.39, 0.29) is 11.4 Å². The Labute approximate surface area is 73.6 Å². The lowest BCUT2D eigenvalue weighted by Crippen LogP contribution is -2.09. The lowest BCUT2D eigenvalue weighted by molar-refractivity contribution is 0.653. The highest BCUT2D eigenvalue weighted by atomic mass is 79.9. The van der Waals surface area contributed by atoms with Gasteiger partial charge in [-0.3, -0.25) is 0 Å². The zero-order chi connectivity index (χ0) is 9.02.